The number of ether oxygens (including phenoxy) is 2. The molecule has 0 radical (unpaired) electrons. The molecule has 0 atom stereocenters. The topological polar surface area (TPSA) is 35.5 Å². The Bertz CT molecular complexity index is 712. The first-order valence-corrected chi connectivity index (χ1v) is 6.77. The molecule has 0 saturated carbocycles. The lowest BCUT2D eigenvalue weighted by molar-refractivity contribution is -0.0506. The molecular formula is C17H12F4O3. The lowest BCUT2D eigenvalue weighted by Gasteiger charge is -2.07. The van der Waals surface area contributed by atoms with Crippen molar-refractivity contribution in [1.29, 1.82) is 0 Å². The molecule has 0 fully saturated rings. The van der Waals surface area contributed by atoms with Crippen LogP contribution in [0, 0.1) is 0 Å². The standard InChI is InChI=1S/C17H12F4O3/c18-16(19)23-13-8-5-11(6-9-13)14(22)10-7-12-3-1-2-4-15(12)24-17(20)21/h1-10,16-17H/b10-7+. The molecule has 2 aromatic rings. The van der Waals surface area contributed by atoms with Gasteiger partial charge >= 0.3 is 13.2 Å². The minimum absolute atomic E-state index is 0.0581. The highest BCUT2D eigenvalue weighted by atomic mass is 19.3. The smallest absolute Gasteiger partial charge is 0.387 e. The second-order valence-corrected chi connectivity index (χ2v) is 4.52. The van der Waals surface area contributed by atoms with Gasteiger partial charge in [0.25, 0.3) is 0 Å². The van der Waals surface area contributed by atoms with E-state index in [1.807, 2.05) is 0 Å². The van der Waals surface area contributed by atoms with Crippen molar-refractivity contribution in [3.8, 4) is 11.5 Å². The molecule has 2 aromatic carbocycles. The van der Waals surface area contributed by atoms with Gasteiger partial charge in [0.05, 0.1) is 0 Å². The summed E-state index contributed by atoms with van der Waals surface area (Å²) in [5, 5.41) is 0. The fraction of sp³-hybridized carbons (Fsp3) is 0.118. The van der Waals surface area contributed by atoms with Crippen LogP contribution in [0.3, 0.4) is 0 Å². The Morgan fingerprint density at radius 2 is 1.50 bits per heavy atom. The Labute approximate surface area is 135 Å². The summed E-state index contributed by atoms with van der Waals surface area (Å²) in [6, 6.07) is 11.1. The van der Waals surface area contributed by atoms with Crippen LogP contribution >= 0.6 is 0 Å². The number of alkyl halides is 4. The van der Waals surface area contributed by atoms with E-state index in [4.69, 9.17) is 0 Å². The van der Waals surface area contributed by atoms with E-state index in [1.54, 1.807) is 6.07 Å². The van der Waals surface area contributed by atoms with Gasteiger partial charge in [-0.15, -0.1) is 0 Å². The van der Waals surface area contributed by atoms with E-state index in [0.717, 1.165) is 0 Å². The Hall–Kier alpha value is -2.83. The molecule has 0 heterocycles. The molecule has 0 amide bonds. The molecule has 0 saturated heterocycles. The molecule has 2 rings (SSSR count). The third-order valence-corrected chi connectivity index (χ3v) is 2.91. The van der Waals surface area contributed by atoms with Crippen LogP contribution in [0.25, 0.3) is 6.08 Å². The van der Waals surface area contributed by atoms with Crippen molar-refractivity contribution in [3.05, 3.63) is 65.7 Å². The van der Waals surface area contributed by atoms with Crippen LogP contribution in [0.1, 0.15) is 15.9 Å². The second kappa shape index (κ2) is 8.14. The van der Waals surface area contributed by atoms with Crippen molar-refractivity contribution in [3.63, 3.8) is 0 Å². The van der Waals surface area contributed by atoms with Crippen LogP contribution in [-0.4, -0.2) is 19.0 Å². The van der Waals surface area contributed by atoms with Crippen LogP contribution in [0.15, 0.2) is 54.6 Å². The van der Waals surface area contributed by atoms with Crippen LogP contribution in [0.2, 0.25) is 0 Å². The minimum Gasteiger partial charge on any atom is -0.435 e. The van der Waals surface area contributed by atoms with E-state index in [0.29, 0.717) is 5.56 Å². The number of hydrogen-bond acceptors (Lipinski definition) is 3. The molecule has 24 heavy (non-hydrogen) atoms. The SMILES string of the molecule is O=C(/C=C/c1ccccc1OC(F)F)c1ccc(OC(F)F)cc1. The van der Waals surface area contributed by atoms with Gasteiger partial charge in [0.2, 0.25) is 0 Å². The molecular weight excluding hydrogens is 328 g/mol. The van der Waals surface area contributed by atoms with Gasteiger partial charge in [-0.25, -0.2) is 0 Å². The average molecular weight is 340 g/mol. The van der Waals surface area contributed by atoms with Crippen molar-refractivity contribution in [1.82, 2.24) is 0 Å². The summed E-state index contributed by atoms with van der Waals surface area (Å²) in [7, 11) is 0. The molecule has 0 N–H and O–H groups in total. The van der Waals surface area contributed by atoms with Crippen molar-refractivity contribution in [2.45, 2.75) is 13.2 Å². The Balaban J connectivity index is 2.10. The van der Waals surface area contributed by atoms with E-state index >= 15 is 0 Å². The molecule has 0 aliphatic heterocycles. The number of benzene rings is 2. The number of carbonyl (C=O) groups is 1. The first-order chi connectivity index (χ1) is 11.5. The number of rotatable bonds is 7. The lowest BCUT2D eigenvalue weighted by atomic mass is 10.1. The maximum absolute atomic E-state index is 12.3. The average Bonchev–Trinajstić information content (AvgIpc) is 2.53. The molecule has 3 nitrogen and oxygen atoms in total. The van der Waals surface area contributed by atoms with Gasteiger partial charge in [0.15, 0.2) is 5.78 Å². The number of allylic oxidation sites excluding steroid dienone is 1. The van der Waals surface area contributed by atoms with Gasteiger partial charge in [-0.2, -0.15) is 17.6 Å². The summed E-state index contributed by atoms with van der Waals surface area (Å²) in [6.45, 7) is -5.92. The second-order valence-electron chi connectivity index (χ2n) is 4.52. The normalized spacial score (nSPS) is 11.2. The summed E-state index contributed by atoms with van der Waals surface area (Å²) in [6.07, 6.45) is 2.51. The largest absolute Gasteiger partial charge is 0.435 e. The third-order valence-electron chi connectivity index (χ3n) is 2.91. The zero-order chi connectivity index (χ0) is 17.5. The number of ketones is 1. The predicted octanol–water partition coefficient (Wildman–Crippen LogP) is 4.79. The van der Waals surface area contributed by atoms with E-state index < -0.39 is 19.0 Å². The Morgan fingerprint density at radius 1 is 0.875 bits per heavy atom. The first-order valence-electron chi connectivity index (χ1n) is 6.77. The van der Waals surface area contributed by atoms with Gasteiger partial charge in [0.1, 0.15) is 11.5 Å². The quantitative estimate of drug-likeness (QED) is 0.413. The Kier molecular flexibility index (Phi) is 5.95. The summed E-state index contributed by atoms with van der Waals surface area (Å²) in [5.74, 6) is -0.552. The monoisotopic (exact) mass is 340 g/mol. The number of para-hydroxylation sites is 1. The highest BCUT2D eigenvalue weighted by Crippen LogP contribution is 2.22. The summed E-state index contributed by atoms with van der Waals surface area (Å²) in [5.41, 5.74) is 0.545. The maximum Gasteiger partial charge on any atom is 0.387 e. The van der Waals surface area contributed by atoms with Crippen molar-refractivity contribution >= 4 is 11.9 Å². The highest BCUT2D eigenvalue weighted by molar-refractivity contribution is 6.07. The van der Waals surface area contributed by atoms with Gasteiger partial charge in [-0.05, 0) is 42.5 Å². The van der Waals surface area contributed by atoms with Gasteiger partial charge < -0.3 is 9.47 Å². The molecule has 0 unspecified atom stereocenters. The van der Waals surface area contributed by atoms with Crippen molar-refractivity contribution in [2.75, 3.05) is 0 Å². The van der Waals surface area contributed by atoms with E-state index in [1.165, 1.54) is 54.6 Å². The van der Waals surface area contributed by atoms with E-state index in [2.05, 4.69) is 9.47 Å². The van der Waals surface area contributed by atoms with Crippen LogP contribution in [-0.2, 0) is 0 Å². The molecule has 0 aliphatic carbocycles. The van der Waals surface area contributed by atoms with Crippen LogP contribution in [0.4, 0.5) is 17.6 Å². The lowest BCUT2D eigenvalue weighted by Crippen LogP contribution is -2.03. The molecule has 0 spiro atoms. The molecule has 7 heteroatoms. The van der Waals surface area contributed by atoms with E-state index in [-0.39, 0.29) is 17.1 Å². The number of hydrogen-bond donors (Lipinski definition) is 0. The summed E-state index contributed by atoms with van der Waals surface area (Å²) >= 11 is 0. The summed E-state index contributed by atoms with van der Waals surface area (Å²) in [4.78, 5) is 12.0. The van der Waals surface area contributed by atoms with E-state index in [9.17, 15) is 22.4 Å². The number of carbonyl (C=O) groups excluding carboxylic acids is 1. The zero-order valence-electron chi connectivity index (χ0n) is 12.2. The fourth-order valence-corrected chi connectivity index (χ4v) is 1.88. The fourth-order valence-electron chi connectivity index (χ4n) is 1.88. The summed E-state index contributed by atoms with van der Waals surface area (Å²) < 4.78 is 57.3. The van der Waals surface area contributed by atoms with Crippen LogP contribution in [0.5, 0.6) is 11.5 Å². The van der Waals surface area contributed by atoms with Crippen molar-refractivity contribution in [2.24, 2.45) is 0 Å². The van der Waals surface area contributed by atoms with Gasteiger partial charge in [-0.3, -0.25) is 4.79 Å². The zero-order valence-corrected chi connectivity index (χ0v) is 12.2. The molecule has 0 bridgehead atoms. The van der Waals surface area contributed by atoms with Gasteiger partial charge in [0, 0.05) is 11.1 Å². The maximum atomic E-state index is 12.3. The minimum atomic E-state index is -2.97. The number of halogens is 4. The highest BCUT2D eigenvalue weighted by Gasteiger charge is 2.09. The predicted molar refractivity (Wildman–Crippen MR) is 79.5 cm³/mol. The molecule has 0 aromatic heterocycles. The Morgan fingerprint density at radius 3 is 2.12 bits per heavy atom. The molecule has 0 aliphatic rings. The third kappa shape index (κ3) is 5.12. The van der Waals surface area contributed by atoms with Crippen molar-refractivity contribution < 1.29 is 31.8 Å². The van der Waals surface area contributed by atoms with Crippen LogP contribution < -0.4 is 9.47 Å². The first kappa shape index (κ1) is 17.5. The van der Waals surface area contributed by atoms with Gasteiger partial charge in [-0.1, -0.05) is 18.2 Å². The molecule has 126 valence electrons.